The maximum atomic E-state index is 12.6. The fourth-order valence-electron chi connectivity index (χ4n) is 2.68. The molecule has 0 saturated carbocycles. The number of esters is 1. The molecule has 7 nitrogen and oxygen atoms in total. The van der Waals surface area contributed by atoms with Crippen LogP contribution in [0.25, 0.3) is 10.2 Å². The first-order valence-electron chi connectivity index (χ1n) is 7.17. The molecular weight excluding hydrogens is 330 g/mol. The number of methoxy groups -OCH3 is 1. The molecule has 0 fully saturated rings. The summed E-state index contributed by atoms with van der Waals surface area (Å²) in [5, 5.41) is 2.27. The number of thiophene rings is 1. The Morgan fingerprint density at radius 1 is 1.38 bits per heavy atom. The number of aromatic amines is 1. The van der Waals surface area contributed by atoms with Gasteiger partial charge in [0.05, 0.1) is 36.6 Å². The number of ketones is 1. The molecule has 0 atom stereocenters. The monoisotopic (exact) mass is 345 g/mol. The molecule has 0 unspecified atom stereocenters. The van der Waals surface area contributed by atoms with E-state index in [0.717, 1.165) is 0 Å². The lowest BCUT2D eigenvalue weighted by molar-refractivity contribution is 0.0599. The van der Waals surface area contributed by atoms with Gasteiger partial charge in [0, 0.05) is 5.69 Å². The molecule has 0 spiro atoms. The van der Waals surface area contributed by atoms with Crippen LogP contribution in [0.3, 0.4) is 0 Å². The summed E-state index contributed by atoms with van der Waals surface area (Å²) in [4.78, 5) is 44.5. The number of fused-ring (bicyclic) bond motifs is 1. The fourth-order valence-corrected chi connectivity index (χ4v) is 3.40. The molecule has 3 aromatic heterocycles. The molecule has 24 heavy (non-hydrogen) atoms. The predicted octanol–water partition coefficient (Wildman–Crippen LogP) is 2.07. The molecule has 0 aliphatic heterocycles. The Hall–Kier alpha value is -2.74. The van der Waals surface area contributed by atoms with Crippen molar-refractivity contribution in [3.05, 3.63) is 50.6 Å². The van der Waals surface area contributed by atoms with Crippen molar-refractivity contribution in [1.82, 2.24) is 14.5 Å². The van der Waals surface area contributed by atoms with Crippen molar-refractivity contribution >= 4 is 33.3 Å². The van der Waals surface area contributed by atoms with Gasteiger partial charge in [-0.05, 0) is 30.9 Å². The Morgan fingerprint density at radius 3 is 2.83 bits per heavy atom. The summed E-state index contributed by atoms with van der Waals surface area (Å²) in [6, 6.07) is 1.69. The Balaban J connectivity index is 1.96. The number of carbonyl (C=O) groups excluding carboxylic acids is 2. The van der Waals surface area contributed by atoms with E-state index in [0.29, 0.717) is 32.7 Å². The van der Waals surface area contributed by atoms with Gasteiger partial charge in [0.15, 0.2) is 5.78 Å². The zero-order valence-electron chi connectivity index (χ0n) is 13.4. The number of Topliss-reactive ketones (excluding diaryl/α,β-unsaturated/α-hetero) is 1. The lowest BCUT2D eigenvalue weighted by Crippen LogP contribution is -2.24. The van der Waals surface area contributed by atoms with Crippen LogP contribution in [-0.2, 0) is 11.3 Å². The molecule has 0 aliphatic rings. The Bertz CT molecular complexity index is 1010. The van der Waals surface area contributed by atoms with E-state index in [2.05, 4.69) is 9.97 Å². The minimum absolute atomic E-state index is 0.154. The van der Waals surface area contributed by atoms with E-state index in [1.54, 1.807) is 25.3 Å². The highest BCUT2D eigenvalue weighted by molar-refractivity contribution is 7.16. The first-order valence-corrected chi connectivity index (χ1v) is 8.05. The molecular formula is C16H15N3O4S. The summed E-state index contributed by atoms with van der Waals surface area (Å²) >= 11 is 1.37. The maximum Gasteiger partial charge on any atom is 0.339 e. The van der Waals surface area contributed by atoms with Crippen LogP contribution in [0.2, 0.25) is 0 Å². The minimum atomic E-state index is -0.501. The average Bonchev–Trinajstić information content (AvgIpc) is 3.14. The SMILES string of the molecule is COC(=O)c1c(C)[nH]c(C(=O)Cn2cnc3sccc3c2=O)c1C. The van der Waals surface area contributed by atoms with Crippen molar-refractivity contribution in [2.75, 3.05) is 7.11 Å². The van der Waals surface area contributed by atoms with Crippen LogP contribution in [0, 0.1) is 13.8 Å². The van der Waals surface area contributed by atoms with Gasteiger partial charge >= 0.3 is 5.97 Å². The molecule has 3 heterocycles. The summed E-state index contributed by atoms with van der Waals surface area (Å²) in [6.45, 7) is 3.21. The predicted molar refractivity (Wildman–Crippen MR) is 89.8 cm³/mol. The van der Waals surface area contributed by atoms with Gasteiger partial charge in [-0.2, -0.15) is 0 Å². The zero-order valence-corrected chi connectivity index (χ0v) is 14.2. The molecule has 3 rings (SSSR count). The number of aromatic nitrogens is 3. The van der Waals surface area contributed by atoms with Crippen LogP contribution in [0.5, 0.6) is 0 Å². The highest BCUT2D eigenvalue weighted by Crippen LogP contribution is 2.20. The summed E-state index contributed by atoms with van der Waals surface area (Å²) in [5.41, 5.74) is 1.46. The van der Waals surface area contributed by atoms with E-state index in [9.17, 15) is 14.4 Å². The van der Waals surface area contributed by atoms with Gasteiger partial charge in [-0.3, -0.25) is 14.2 Å². The van der Waals surface area contributed by atoms with Gasteiger partial charge in [-0.25, -0.2) is 9.78 Å². The number of hydrogen-bond acceptors (Lipinski definition) is 6. The number of hydrogen-bond donors (Lipinski definition) is 1. The van der Waals surface area contributed by atoms with E-state index in [1.807, 2.05) is 0 Å². The molecule has 124 valence electrons. The molecule has 0 aromatic carbocycles. The number of nitrogens with one attached hydrogen (secondary N) is 1. The number of carbonyl (C=O) groups is 2. The van der Waals surface area contributed by atoms with Crippen molar-refractivity contribution in [2.45, 2.75) is 20.4 Å². The normalized spacial score (nSPS) is 11.0. The van der Waals surface area contributed by atoms with Crippen molar-refractivity contribution in [1.29, 1.82) is 0 Å². The van der Waals surface area contributed by atoms with E-state index < -0.39 is 5.97 Å². The topological polar surface area (TPSA) is 94.1 Å². The second kappa shape index (κ2) is 6.04. The van der Waals surface area contributed by atoms with Crippen LogP contribution < -0.4 is 5.56 Å². The summed E-state index contributed by atoms with van der Waals surface area (Å²) in [7, 11) is 1.29. The van der Waals surface area contributed by atoms with E-state index >= 15 is 0 Å². The second-order valence-electron chi connectivity index (χ2n) is 5.36. The summed E-state index contributed by atoms with van der Waals surface area (Å²) in [5.74, 6) is -0.803. The minimum Gasteiger partial charge on any atom is -0.465 e. The van der Waals surface area contributed by atoms with E-state index in [4.69, 9.17) is 4.74 Å². The molecule has 0 aliphatic carbocycles. The van der Waals surface area contributed by atoms with Crippen molar-refractivity contribution < 1.29 is 14.3 Å². The van der Waals surface area contributed by atoms with Crippen LogP contribution in [0.1, 0.15) is 32.1 Å². The first kappa shape index (κ1) is 16.1. The largest absolute Gasteiger partial charge is 0.465 e. The number of ether oxygens (including phenoxy) is 1. The summed E-state index contributed by atoms with van der Waals surface area (Å²) in [6.07, 6.45) is 1.37. The third-order valence-corrected chi connectivity index (χ3v) is 4.69. The van der Waals surface area contributed by atoms with Gasteiger partial charge < -0.3 is 9.72 Å². The molecule has 3 aromatic rings. The van der Waals surface area contributed by atoms with E-state index in [-0.39, 0.29) is 17.9 Å². The third kappa shape index (κ3) is 2.54. The Labute approximate surface area is 140 Å². The molecule has 0 saturated heterocycles. The molecule has 1 N–H and O–H groups in total. The number of nitrogens with zero attached hydrogens (tertiary/aromatic N) is 2. The van der Waals surface area contributed by atoms with Crippen LogP contribution in [0.4, 0.5) is 0 Å². The number of aryl methyl sites for hydroxylation is 1. The highest BCUT2D eigenvalue weighted by Gasteiger charge is 2.22. The smallest absolute Gasteiger partial charge is 0.339 e. The zero-order chi connectivity index (χ0) is 17.4. The van der Waals surface area contributed by atoms with Crippen molar-refractivity contribution in [3.63, 3.8) is 0 Å². The van der Waals surface area contributed by atoms with Crippen molar-refractivity contribution in [3.8, 4) is 0 Å². The van der Waals surface area contributed by atoms with Gasteiger partial charge in [0.2, 0.25) is 0 Å². The van der Waals surface area contributed by atoms with E-state index in [1.165, 1.54) is 29.3 Å². The number of H-pyrrole nitrogens is 1. The molecule has 0 radical (unpaired) electrons. The third-order valence-electron chi connectivity index (χ3n) is 3.87. The standard InChI is InChI=1S/C16H15N3O4S/c1-8-12(16(22)23-3)9(2)18-13(8)11(20)6-19-7-17-14-10(15(19)21)4-5-24-14/h4-5,7,18H,6H2,1-3H3. The number of rotatable bonds is 4. The van der Waals surface area contributed by atoms with Gasteiger partial charge in [0.1, 0.15) is 4.83 Å². The van der Waals surface area contributed by atoms with Gasteiger partial charge in [-0.1, -0.05) is 0 Å². The first-order chi connectivity index (χ1) is 11.4. The Morgan fingerprint density at radius 2 is 2.12 bits per heavy atom. The fraction of sp³-hybridized carbons (Fsp3) is 0.250. The molecule has 8 heteroatoms. The maximum absolute atomic E-state index is 12.6. The summed E-state index contributed by atoms with van der Waals surface area (Å²) < 4.78 is 6.00. The molecule has 0 amide bonds. The van der Waals surface area contributed by atoms with Crippen molar-refractivity contribution in [2.24, 2.45) is 0 Å². The Kier molecular flexibility index (Phi) is 4.06. The lowest BCUT2D eigenvalue weighted by atomic mass is 10.1. The molecule has 0 bridgehead atoms. The quantitative estimate of drug-likeness (QED) is 0.577. The van der Waals surface area contributed by atoms with Crippen LogP contribution in [0.15, 0.2) is 22.6 Å². The van der Waals surface area contributed by atoms with Gasteiger partial charge in [0.25, 0.3) is 5.56 Å². The van der Waals surface area contributed by atoms with Crippen LogP contribution in [-0.4, -0.2) is 33.4 Å². The average molecular weight is 345 g/mol. The second-order valence-corrected chi connectivity index (χ2v) is 6.25. The highest BCUT2D eigenvalue weighted by atomic mass is 32.1. The van der Waals surface area contributed by atoms with Gasteiger partial charge in [-0.15, -0.1) is 11.3 Å². The lowest BCUT2D eigenvalue weighted by Gasteiger charge is -2.05. The van der Waals surface area contributed by atoms with Crippen LogP contribution >= 0.6 is 11.3 Å².